The van der Waals surface area contributed by atoms with Crippen molar-refractivity contribution in [3.05, 3.63) is 195 Å². The number of anilines is 4. The summed E-state index contributed by atoms with van der Waals surface area (Å²) in [5.41, 5.74) is 29.5. The molecule has 0 saturated heterocycles. The van der Waals surface area contributed by atoms with Crippen LogP contribution in [-0.4, -0.2) is 65.6 Å². The normalized spacial score (nSPS) is 16.5. The van der Waals surface area contributed by atoms with Crippen LogP contribution in [0.2, 0.25) is 0 Å². The molecule has 0 radical (unpaired) electrons. The summed E-state index contributed by atoms with van der Waals surface area (Å²) in [5, 5.41) is 0. The van der Waals surface area contributed by atoms with Gasteiger partial charge in [0.25, 0.3) is 0 Å². The number of rotatable bonds is 23. The highest BCUT2D eigenvalue weighted by molar-refractivity contribution is 5.67. The number of hydrogen-bond donors (Lipinski definition) is 4. The first kappa shape index (κ1) is 74.2. The average Bonchev–Trinajstić information content (AvgIpc) is 0.921. The van der Waals surface area contributed by atoms with Crippen LogP contribution in [0.25, 0.3) is 11.1 Å². The van der Waals surface area contributed by atoms with E-state index in [1.807, 2.05) is 20.8 Å². The van der Waals surface area contributed by atoms with E-state index in [9.17, 15) is 35.1 Å². The van der Waals surface area contributed by atoms with Gasteiger partial charge in [-0.2, -0.15) is 8.78 Å². The molecule has 2 atom stereocenters. The fourth-order valence-electron chi connectivity index (χ4n) is 11.4. The highest BCUT2D eigenvalue weighted by Crippen LogP contribution is 2.40. The second-order valence-corrected chi connectivity index (χ2v) is 24.2. The van der Waals surface area contributed by atoms with Crippen LogP contribution in [0.1, 0.15) is 131 Å². The van der Waals surface area contributed by atoms with Crippen molar-refractivity contribution < 1.29 is 73.0 Å². The molecule has 8 N–H and O–H groups in total. The van der Waals surface area contributed by atoms with Gasteiger partial charge < -0.3 is 60.8 Å². The predicted octanol–water partition coefficient (Wildman–Crippen LogP) is 17.6. The molecular weight excluding hydrogens is 1240 g/mol. The van der Waals surface area contributed by atoms with Crippen LogP contribution in [0.3, 0.4) is 0 Å². The Balaban J connectivity index is 0.000000181. The summed E-state index contributed by atoms with van der Waals surface area (Å²) in [5.74, 6) is -5.02. The van der Waals surface area contributed by atoms with Gasteiger partial charge in [0.05, 0.1) is 56.3 Å². The van der Waals surface area contributed by atoms with Crippen molar-refractivity contribution in [3.8, 4) is 39.9 Å². The molecule has 12 nitrogen and oxygen atoms in total. The first-order valence-corrected chi connectivity index (χ1v) is 32.5. The Morgan fingerprint density at radius 2 is 1.03 bits per heavy atom. The number of allylic oxidation sites excluding steroid dienone is 1. The minimum absolute atomic E-state index is 0.00127. The maximum atomic E-state index is 14.6. The van der Waals surface area contributed by atoms with E-state index in [4.69, 9.17) is 60.8 Å². The van der Waals surface area contributed by atoms with Crippen molar-refractivity contribution in [3.63, 3.8) is 0 Å². The number of nitrogens with two attached hydrogens (primary N) is 4. The molecule has 3 aliphatic rings. The van der Waals surface area contributed by atoms with Gasteiger partial charge >= 0.3 is 0 Å². The maximum absolute atomic E-state index is 14.6. The van der Waals surface area contributed by atoms with Gasteiger partial charge in [0.15, 0.2) is 52.2 Å². The molecule has 0 aromatic heterocycles. The van der Waals surface area contributed by atoms with E-state index in [1.54, 1.807) is 93.3 Å². The van der Waals surface area contributed by atoms with Crippen molar-refractivity contribution in [2.75, 3.05) is 70.2 Å². The number of aryl methyl sites for hydroxylation is 2. The first-order valence-electron chi connectivity index (χ1n) is 32.5. The van der Waals surface area contributed by atoms with E-state index in [2.05, 4.69) is 13.8 Å². The molecule has 7 aromatic rings. The Morgan fingerprint density at radius 1 is 0.505 bits per heavy atom. The molecule has 0 heterocycles. The monoisotopic (exact) mass is 1330 g/mol. The van der Waals surface area contributed by atoms with E-state index in [0.717, 1.165) is 75.3 Å². The van der Waals surface area contributed by atoms with E-state index in [1.165, 1.54) is 30.3 Å². The van der Waals surface area contributed by atoms with Crippen LogP contribution < -0.4 is 41.9 Å². The molecule has 95 heavy (non-hydrogen) atoms. The molecule has 20 heteroatoms. The van der Waals surface area contributed by atoms with Crippen molar-refractivity contribution in [2.24, 2.45) is 5.92 Å². The quantitative estimate of drug-likeness (QED) is 0.0271. The Hall–Kier alpha value is -8.20. The topological polar surface area (TPSA) is 178 Å². The molecule has 7 aromatic carbocycles. The van der Waals surface area contributed by atoms with Crippen molar-refractivity contribution >= 4 is 22.7 Å². The third-order valence-corrected chi connectivity index (χ3v) is 16.4. The summed E-state index contributed by atoms with van der Waals surface area (Å²) < 4.78 is 158. The molecular formula is C75H90F8N4O8. The number of methoxy groups -OCH3 is 2. The largest absolute Gasteiger partial charge is 0.498 e. The molecule has 514 valence electrons. The molecule has 0 amide bonds. The lowest BCUT2D eigenvalue weighted by Gasteiger charge is -2.30. The number of ether oxygens (including phenoxy) is 8. The third-order valence-electron chi connectivity index (χ3n) is 16.4. The van der Waals surface area contributed by atoms with Crippen LogP contribution in [0, 0.1) is 52.5 Å². The van der Waals surface area contributed by atoms with E-state index in [-0.39, 0.29) is 52.7 Å². The third kappa shape index (κ3) is 20.7. The van der Waals surface area contributed by atoms with Gasteiger partial charge in [-0.25, -0.2) is 26.3 Å². The Labute approximate surface area is 553 Å². The average molecular weight is 1330 g/mol. The Morgan fingerprint density at radius 3 is 1.58 bits per heavy atom. The molecule has 0 aliphatic heterocycles. The van der Waals surface area contributed by atoms with Crippen LogP contribution in [0.15, 0.2) is 109 Å². The highest BCUT2D eigenvalue weighted by atomic mass is 19.2. The van der Waals surface area contributed by atoms with Gasteiger partial charge in [-0.05, 0) is 207 Å². The number of halogens is 8. The maximum Gasteiger partial charge on any atom is 0.201 e. The lowest BCUT2D eigenvalue weighted by Crippen LogP contribution is -2.26. The summed E-state index contributed by atoms with van der Waals surface area (Å²) in [4.78, 5) is 0. The van der Waals surface area contributed by atoms with Crippen molar-refractivity contribution in [2.45, 2.75) is 149 Å². The van der Waals surface area contributed by atoms with Gasteiger partial charge in [0.2, 0.25) is 11.6 Å². The van der Waals surface area contributed by atoms with Gasteiger partial charge in [-0.1, -0.05) is 64.1 Å². The zero-order valence-electron chi connectivity index (χ0n) is 55.3. The van der Waals surface area contributed by atoms with E-state index in [0.29, 0.717) is 127 Å². The van der Waals surface area contributed by atoms with Crippen molar-refractivity contribution in [1.82, 2.24) is 0 Å². The molecule has 3 aliphatic carbocycles. The van der Waals surface area contributed by atoms with E-state index < -0.39 is 46.5 Å². The zero-order chi connectivity index (χ0) is 68.7. The van der Waals surface area contributed by atoms with Gasteiger partial charge in [-0.3, -0.25) is 0 Å². The van der Waals surface area contributed by atoms with Gasteiger partial charge in [-0.15, -0.1) is 0 Å². The molecule has 0 spiro atoms. The number of benzene rings is 7. The molecule has 10 rings (SSSR count). The highest BCUT2D eigenvalue weighted by Gasteiger charge is 2.30. The standard InChI is InChI=1S/C21H26F2N2O2.C21H20F2N2O2.C17H24F2O2.C16H20F2O2/c1-2-11-26-19-10-8-16(20(22)21(19)23)13-3-6-15(7-4-13)27-18-9-5-14(24)12-17(18)25;1-2-11-26-15-6-3-13(4-7-15)16-8-10-19(21(23)20(16)22)27-18-9-5-14(24)12-17(18)25;1-11(2)10-21-14-5-4-12-8-13(6-7-20-3)16(18)17(19)15(12)9-14;1-3-7-20-13-5-4-11-9-12(6-8-19-2)15(17)16(18)14(11)10-13/h5,8-10,12-13,15H,2-4,6-7,11,24-25H2,1H3;3-10,12H,2,11,24-25H2,1H3;8,11,14H,4-7,9-10H2,1-3H3;3,7,9,13H,4-6,8,10H2,1-2H3/b;;;7-3+. The lowest BCUT2D eigenvalue weighted by atomic mass is 9.82. The fraction of sp³-hybridized carbons (Fsp3) is 0.413. The van der Waals surface area contributed by atoms with E-state index >= 15 is 0 Å². The van der Waals surface area contributed by atoms with Crippen molar-refractivity contribution in [1.29, 1.82) is 0 Å². The van der Waals surface area contributed by atoms with Gasteiger partial charge in [0, 0.05) is 50.6 Å². The lowest BCUT2D eigenvalue weighted by molar-refractivity contribution is 0.0271. The smallest absolute Gasteiger partial charge is 0.201 e. The van der Waals surface area contributed by atoms with Crippen LogP contribution >= 0.6 is 0 Å². The van der Waals surface area contributed by atoms with Gasteiger partial charge in [0.1, 0.15) is 17.6 Å². The predicted molar refractivity (Wildman–Crippen MR) is 358 cm³/mol. The van der Waals surface area contributed by atoms with Crippen LogP contribution in [-0.2, 0) is 57.5 Å². The molecule has 0 bridgehead atoms. The number of hydrogen-bond acceptors (Lipinski definition) is 12. The van der Waals surface area contributed by atoms with Crippen LogP contribution in [0.5, 0.6) is 28.7 Å². The Kier molecular flexibility index (Phi) is 28.6. The summed E-state index contributed by atoms with van der Waals surface area (Å²) in [6.45, 7) is 12.4. The summed E-state index contributed by atoms with van der Waals surface area (Å²) in [6.07, 6.45) is 12.8. The fourth-order valence-corrected chi connectivity index (χ4v) is 11.4. The minimum atomic E-state index is -1.09. The molecule has 1 saturated carbocycles. The SMILES string of the molecule is C/C=C/OC1CCc2cc(CCOC)c(F)c(F)c2C1.CCCOc1ccc(-c2ccc(Oc3ccc(N)cc3N)c(F)c2F)cc1.CCCOc1ccc(C2CCC(Oc3ccc(N)cc3N)CC2)c(F)c1F.COCCc1cc2c(c(F)c1F)CC(OCC(C)C)CC2. The summed E-state index contributed by atoms with van der Waals surface area (Å²) >= 11 is 0. The zero-order valence-corrected chi connectivity index (χ0v) is 55.3. The summed E-state index contributed by atoms with van der Waals surface area (Å²) in [6, 6.07) is 26.1. The van der Waals surface area contributed by atoms with Crippen LogP contribution in [0.4, 0.5) is 57.9 Å². The number of nitrogen functional groups attached to an aromatic ring is 4. The Bertz CT molecular complexity index is 3640. The molecule has 1 fully saturated rings. The molecule has 2 unspecified atom stereocenters. The summed E-state index contributed by atoms with van der Waals surface area (Å²) in [7, 11) is 3.11. The minimum Gasteiger partial charge on any atom is -0.498 e. The first-order chi connectivity index (χ1) is 45.7. The number of fused-ring (bicyclic) bond motifs is 2. The second-order valence-electron chi connectivity index (χ2n) is 24.2. The second kappa shape index (κ2) is 36.6.